The first kappa shape index (κ1) is 10.9. The van der Waals surface area contributed by atoms with Gasteiger partial charge in [-0.2, -0.15) is 0 Å². The number of benzene rings is 1. The monoisotopic (exact) mass is 192 g/mol. The molecule has 0 bridgehead atoms. The van der Waals surface area contributed by atoms with Crippen LogP contribution in [0.5, 0.6) is 0 Å². The molecule has 0 saturated carbocycles. The number of ketones is 1. The molecule has 0 aliphatic rings. The minimum Gasteiger partial charge on any atom is -0.374 e. The molecule has 0 aromatic heterocycles. The lowest BCUT2D eigenvalue weighted by Crippen LogP contribution is -2.20. The van der Waals surface area contributed by atoms with E-state index in [9.17, 15) is 4.79 Å². The largest absolute Gasteiger partial charge is 0.374 e. The summed E-state index contributed by atoms with van der Waals surface area (Å²) >= 11 is 0. The van der Waals surface area contributed by atoms with Crippen LogP contribution in [0.2, 0.25) is 0 Å². The molecule has 2 nitrogen and oxygen atoms in total. The number of rotatable bonds is 4. The van der Waals surface area contributed by atoms with Crippen molar-refractivity contribution in [3.63, 3.8) is 0 Å². The summed E-state index contributed by atoms with van der Waals surface area (Å²) in [6.07, 6.45) is 0.145. The molecule has 0 heterocycles. The molecule has 1 unspecified atom stereocenters. The van der Waals surface area contributed by atoms with E-state index in [1.54, 1.807) is 14.0 Å². The van der Waals surface area contributed by atoms with E-state index < -0.39 is 0 Å². The molecule has 1 aromatic rings. The summed E-state index contributed by atoms with van der Waals surface area (Å²) in [5.41, 5.74) is 2.26. The lowest BCUT2D eigenvalue weighted by Gasteiger charge is -2.07. The quantitative estimate of drug-likeness (QED) is 0.730. The first-order valence-electron chi connectivity index (χ1n) is 4.74. The van der Waals surface area contributed by atoms with Gasteiger partial charge in [0.1, 0.15) is 6.10 Å². The Labute approximate surface area is 84.9 Å². The van der Waals surface area contributed by atoms with E-state index in [4.69, 9.17) is 4.74 Å². The van der Waals surface area contributed by atoms with Gasteiger partial charge in [-0.1, -0.05) is 29.8 Å². The highest BCUT2D eigenvalue weighted by molar-refractivity contribution is 5.84. The Morgan fingerprint density at radius 3 is 2.43 bits per heavy atom. The van der Waals surface area contributed by atoms with Gasteiger partial charge in [-0.05, 0) is 19.4 Å². The van der Waals surface area contributed by atoms with E-state index in [0.717, 1.165) is 5.56 Å². The zero-order chi connectivity index (χ0) is 10.6. The van der Waals surface area contributed by atoms with Crippen molar-refractivity contribution >= 4 is 5.78 Å². The third-order valence-electron chi connectivity index (χ3n) is 2.31. The molecule has 2 heteroatoms. The Kier molecular flexibility index (Phi) is 3.84. The molecular formula is C12H16O2. The van der Waals surface area contributed by atoms with Crippen LogP contribution in [0.3, 0.4) is 0 Å². The molecule has 0 spiro atoms. The van der Waals surface area contributed by atoms with Crippen LogP contribution in [0.15, 0.2) is 24.3 Å². The number of aryl methyl sites for hydroxylation is 1. The number of carbonyl (C=O) groups excluding carboxylic acids is 1. The van der Waals surface area contributed by atoms with Gasteiger partial charge in [0.2, 0.25) is 0 Å². The molecule has 0 fully saturated rings. The highest BCUT2D eigenvalue weighted by Crippen LogP contribution is 2.06. The Morgan fingerprint density at radius 1 is 1.36 bits per heavy atom. The second-order valence-corrected chi connectivity index (χ2v) is 3.51. The van der Waals surface area contributed by atoms with Crippen molar-refractivity contribution < 1.29 is 9.53 Å². The van der Waals surface area contributed by atoms with Gasteiger partial charge >= 0.3 is 0 Å². The van der Waals surface area contributed by atoms with Crippen molar-refractivity contribution in [3.8, 4) is 0 Å². The third kappa shape index (κ3) is 2.96. The van der Waals surface area contributed by atoms with E-state index in [1.165, 1.54) is 5.56 Å². The fourth-order valence-electron chi connectivity index (χ4n) is 1.18. The second kappa shape index (κ2) is 4.91. The van der Waals surface area contributed by atoms with Crippen molar-refractivity contribution in [1.29, 1.82) is 0 Å². The molecule has 1 atom stereocenters. The summed E-state index contributed by atoms with van der Waals surface area (Å²) < 4.78 is 4.96. The number of hydrogen-bond acceptors (Lipinski definition) is 2. The van der Waals surface area contributed by atoms with Crippen LogP contribution in [0.4, 0.5) is 0 Å². The molecule has 0 aliphatic heterocycles. The van der Waals surface area contributed by atoms with Crippen molar-refractivity contribution in [1.82, 2.24) is 0 Å². The maximum atomic E-state index is 11.5. The molecule has 0 N–H and O–H groups in total. The Hall–Kier alpha value is -1.15. The second-order valence-electron chi connectivity index (χ2n) is 3.51. The van der Waals surface area contributed by atoms with Crippen molar-refractivity contribution in [2.24, 2.45) is 0 Å². The van der Waals surface area contributed by atoms with Gasteiger partial charge in [-0.25, -0.2) is 0 Å². The van der Waals surface area contributed by atoms with Crippen LogP contribution < -0.4 is 0 Å². The average molecular weight is 192 g/mol. The maximum absolute atomic E-state index is 11.5. The fraction of sp³-hybridized carbons (Fsp3) is 0.417. The molecular weight excluding hydrogens is 176 g/mol. The highest BCUT2D eigenvalue weighted by atomic mass is 16.5. The molecule has 0 aliphatic carbocycles. The minimum atomic E-state index is -0.309. The standard InChI is InChI=1S/C12H16O2/c1-9-4-6-11(7-5-9)8-12(13)10(2)14-3/h4-7,10H,8H2,1-3H3. The summed E-state index contributed by atoms with van der Waals surface area (Å²) in [4.78, 5) is 11.5. The summed E-state index contributed by atoms with van der Waals surface area (Å²) in [6, 6.07) is 7.99. The minimum absolute atomic E-state index is 0.122. The number of methoxy groups -OCH3 is 1. The molecule has 1 aromatic carbocycles. The lowest BCUT2D eigenvalue weighted by molar-refractivity contribution is -0.127. The van der Waals surface area contributed by atoms with Crippen molar-refractivity contribution in [3.05, 3.63) is 35.4 Å². The van der Waals surface area contributed by atoms with Crippen LogP contribution in [-0.2, 0) is 16.0 Å². The third-order valence-corrected chi connectivity index (χ3v) is 2.31. The van der Waals surface area contributed by atoms with Crippen LogP contribution in [-0.4, -0.2) is 19.0 Å². The van der Waals surface area contributed by atoms with E-state index in [1.807, 2.05) is 31.2 Å². The number of carbonyl (C=O) groups is 1. The normalized spacial score (nSPS) is 12.5. The summed E-state index contributed by atoms with van der Waals surface area (Å²) in [5.74, 6) is 0.122. The van der Waals surface area contributed by atoms with Crippen LogP contribution in [0.1, 0.15) is 18.1 Å². The van der Waals surface area contributed by atoms with Gasteiger partial charge in [0.05, 0.1) is 0 Å². The highest BCUT2D eigenvalue weighted by Gasteiger charge is 2.11. The van der Waals surface area contributed by atoms with Gasteiger partial charge in [0, 0.05) is 13.5 Å². The Balaban J connectivity index is 2.60. The smallest absolute Gasteiger partial charge is 0.165 e. The molecule has 0 amide bonds. The number of hydrogen-bond donors (Lipinski definition) is 0. The van der Waals surface area contributed by atoms with Gasteiger partial charge in [0.25, 0.3) is 0 Å². The molecule has 14 heavy (non-hydrogen) atoms. The van der Waals surface area contributed by atoms with Crippen LogP contribution in [0.25, 0.3) is 0 Å². The predicted octanol–water partition coefficient (Wildman–Crippen LogP) is 2.14. The SMILES string of the molecule is COC(C)C(=O)Cc1ccc(C)cc1. The maximum Gasteiger partial charge on any atom is 0.165 e. The molecule has 0 radical (unpaired) electrons. The van der Waals surface area contributed by atoms with E-state index in [-0.39, 0.29) is 11.9 Å². The Bertz CT molecular complexity index is 301. The van der Waals surface area contributed by atoms with E-state index in [2.05, 4.69) is 0 Å². The first-order chi connectivity index (χ1) is 6.63. The molecule has 76 valence electrons. The topological polar surface area (TPSA) is 26.3 Å². The summed E-state index contributed by atoms with van der Waals surface area (Å²) in [6.45, 7) is 3.81. The van der Waals surface area contributed by atoms with Crippen LogP contribution in [0, 0.1) is 6.92 Å². The van der Waals surface area contributed by atoms with Crippen LogP contribution >= 0.6 is 0 Å². The first-order valence-corrected chi connectivity index (χ1v) is 4.74. The predicted molar refractivity (Wildman–Crippen MR) is 56.4 cm³/mol. The summed E-state index contributed by atoms with van der Waals surface area (Å²) in [5, 5.41) is 0. The zero-order valence-electron chi connectivity index (χ0n) is 8.91. The molecule has 1 rings (SSSR count). The zero-order valence-corrected chi connectivity index (χ0v) is 8.91. The van der Waals surface area contributed by atoms with Gasteiger partial charge < -0.3 is 4.74 Å². The average Bonchev–Trinajstić information content (AvgIpc) is 2.20. The number of ether oxygens (including phenoxy) is 1. The fourth-order valence-corrected chi connectivity index (χ4v) is 1.18. The van der Waals surface area contributed by atoms with E-state index in [0.29, 0.717) is 6.42 Å². The van der Waals surface area contributed by atoms with Crippen molar-refractivity contribution in [2.45, 2.75) is 26.4 Å². The summed E-state index contributed by atoms with van der Waals surface area (Å²) in [7, 11) is 1.55. The number of Topliss-reactive ketones (excluding diaryl/α,β-unsaturated/α-hetero) is 1. The van der Waals surface area contributed by atoms with Gasteiger partial charge in [-0.15, -0.1) is 0 Å². The lowest BCUT2D eigenvalue weighted by atomic mass is 10.0. The van der Waals surface area contributed by atoms with E-state index >= 15 is 0 Å². The van der Waals surface area contributed by atoms with Gasteiger partial charge in [-0.3, -0.25) is 4.79 Å². The Morgan fingerprint density at radius 2 is 1.93 bits per heavy atom. The van der Waals surface area contributed by atoms with Crippen molar-refractivity contribution in [2.75, 3.05) is 7.11 Å². The van der Waals surface area contributed by atoms with Gasteiger partial charge in [0.15, 0.2) is 5.78 Å². The molecule has 0 saturated heterocycles.